The average Bonchev–Trinajstić information content (AvgIpc) is 3.04. The van der Waals surface area contributed by atoms with E-state index in [9.17, 15) is 9.59 Å². The fourth-order valence-corrected chi connectivity index (χ4v) is 4.73. The van der Waals surface area contributed by atoms with Gasteiger partial charge in [0.2, 0.25) is 11.8 Å². The van der Waals surface area contributed by atoms with Crippen LogP contribution in [0.2, 0.25) is 5.02 Å². The van der Waals surface area contributed by atoms with Crippen molar-refractivity contribution in [1.29, 1.82) is 0 Å². The highest BCUT2D eigenvalue weighted by molar-refractivity contribution is 6.35. The van der Waals surface area contributed by atoms with Crippen LogP contribution in [0.5, 0.6) is 5.88 Å². The monoisotopic (exact) mass is 458 g/mol. The Morgan fingerprint density at radius 3 is 2.81 bits per heavy atom. The Morgan fingerprint density at radius 1 is 1.28 bits per heavy atom. The van der Waals surface area contributed by atoms with Crippen molar-refractivity contribution in [1.82, 2.24) is 14.1 Å². The molecule has 0 unspecified atom stereocenters. The van der Waals surface area contributed by atoms with Crippen molar-refractivity contribution in [2.75, 3.05) is 18.5 Å². The Balaban J connectivity index is 1.36. The molecule has 2 heterocycles. The molecular formula is C23H27ClN4O4. The van der Waals surface area contributed by atoms with E-state index in [4.69, 9.17) is 21.4 Å². The Labute approximate surface area is 190 Å². The van der Waals surface area contributed by atoms with Crippen LogP contribution >= 0.6 is 11.6 Å². The van der Waals surface area contributed by atoms with Gasteiger partial charge in [0, 0.05) is 37.5 Å². The summed E-state index contributed by atoms with van der Waals surface area (Å²) in [7, 11) is 1.74. The number of nitrogens with one attached hydrogen (secondary N) is 1. The number of carbonyl (C=O) groups excluding carboxylic acids is 1. The number of anilines is 1. The SMILES string of the molecule is Cn1c(=O)n(CC2CCC(C(=O)Nc3ccnc(OCCO)c3)CC2)c2cccc(Cl)c21. The standard InChI is InChI=1S/C23H27ClN4O4/c1-27-21-18(24)3-2-4-19(21)28(23(27)31)14-15-5-7-16(8-6-15)22(30)26-17-9-10-25-20(13-17)32-12-11-29/h2-4,9-10,13,15-16,29H,5-8,11-12,14H2,1H3,(H,25,26,30). The molecule has 2 aromatic heterocycles. The van der Waals surface area contributed by atoms with Gasteiger partial charge >= 0.3 is 5.69 Å². The van der Waals surface area contributed by atoms with E-state index in [-0.39, 0.29) is 30.7 Å². The first-order valence-electron chi connectivity index (χ1n) is 10.8. The quantitative estimate of drug-likeness (QED) is 0.566. The number of para-hydroxylation sites is 1. The summed E-state index contributed by atoms with van der Waals surface area (Å²) in [4.78, 5) is 29.6. The van der Waals surface area contributed by atoms with Crippen LogP contribution in [0.1, 0.15) is 25.7 Å². The van der Waals surface area contributed by atoms with Gasteiger partial charge in [-0.3, -0.25) is 13.9 Å². The van der Waals surface area contributed by atoms with Crippen molar-refractivity contribution in [3.05, 3.63) is 52.0 Å². The number of nitrogens with zero attached hydrogens (tertiary/aromatic N) is 3. The molecule has 1 saturated carbocycles. The van der Waals surface area contributed by atoms with Crippen LogP contribution in [-0.4, -0.2) is 38.3 Å². The second kappa shape index (κ2) is 9.75. The fraction of sp³-hybridized carbons (Fsp3) is 0.435. The Kier molecular flexibility index (Phi) is 6.81. The van der Waals surface area contributed by atoms with Gasteiger partial charge in [0.25, 0.3) is 0 Å². The third-order valence-electron chi connectivity index (χ3n) is 6.11. The predicted octanol–water partition coefficient (Wildman–Crippen LogP) is 3.20. The van der Waals surface area contributed by atoms with Crippen molar-refractivity contribution in [2.24, 2.45) is 18.9 Å². The van der Waals surface area contributed by atoms with E-state index in [0.717, 1.165) is 36.7 Å². The average molecular weight is 459 g/mol. The second-order valence-corrected chi connectivity index (χ2v) is 8.63. The highest BCUT2D eigenvalue weighted by atomic mass is 35.5. The molecule has 0 bridgehead atoms. The number of fused-ring (bicyclic) bond motifs is 1. The molecule has 32 heavy (non-hydrogen) atoms. The maximum Gasteiger partial charge on any atom is 0.328 e. The number of aryl methyl sites for hydroxylation is 1. The molecule has 4 rings (SSSR count). The highest BCUT2D eigenvalue weighted by Gasteiger charge is 2.27. The van der Waals surface area contributed by atoms with E-state index < -0.39 is 0 Å². The van der Waals surface area contributed by atoms with Gasteiger partial charge in [-0.25, -0.2) is 9.78 Å². The molecule has 1 fully saturated rings. The third kappa shape index (κ3) is 4.66. The van der Waals surface area contributed by atoms with Crippen LogP contribution in [-0.2, 0) is 18.4 Å². The number of aromatic nitrogens is 3. The van der Waals surface area contributed by atoms with Crippen molar-refractivity contribution in [3.63, 3.8) is 0 Å². The van der Waals surface area contributed by atoms with Crippen LogP contribution in [0.3, 0.4) is 0 Å². The lowest BCUT2D eigenvalue weighted by molar-refractivity contribution is -0.121. The van der Waals surface area contributed by atoms with Crippen molar-refractivity contribution in [2.45, 2.75) is 32.2 Å². The minimum absolute atomic E-state index is 0.0168. The summed E-state index contributed by atoms with van der Waals surface area (Å²) < 4.78 is 8.70. The Morgan fingerprint density at radius 2 is 2.06 bits per heavy atom. The van der Waals surface area contributed by atoms with Gasteiger partial charge in [0.05, 0.1) is 22.7 Å². The summed E-state index contributed by atoms with van der Waals surface area (Å²) in [6, 6.07) is 8.95. The number of pyridine rings is 1. The molecule has 0 aliphatic heterocycles. The number of benzene rings is 1. The third-order valence-corrected chi connectivity index (χ3v) is 6.42. The van der Waals surface area contributed by atoms with E-state index in [2.05, 4.69) is 10.3 Å². The Bertz CT molecular complexity index is 1160. The topological polar surface area (TPSA) is 98.4 Å². The minimum atomic E-state index is -0.0978. The highest BCUT2D eigenvalue weighted by Crippen LogP contribution is 2.32. The molecule has 1 aliphatic rings. The number of amides is 1. The molecule has 9 heteroatoms. The predicted molar refractivity (Wildman–Crippen MR) is 123 cm³/mol. The molecule has 170 valence electrons. The number of hydrogen-bond donors (Lipinski definition) is 2. The normalized spacial score (nSPS) is 18.6. The number of hydrogen-bond acceptors (Lipinski definition) is 5. The van der Waals surface area contributed by atoms with Crippen molar-refractivity contribution in [3.8, 4) is 5.88 Å². The lowest BCUT2D eigenvalue weighted by Gasteiger charge is -2.28. The first kappa shape index (κ1) is 22.4. The zero-order valence-electron chi connectivity index (χ0n) is 18.0. The first-order chi connectivity index (χ1) is 15.5. The van der Waals surface area contributed by atoms with Gasteiger partial charge < -0.3 is 15.2 Å². The summed E-state index contributed by atoms with van der Waals surface area (Å²) in [5.74, 6) is 0.610. The molecular weight excluding hydrogens is 432 g/mol. The molecule has 2 N–H and O–H groups in total. The van der Waals surface area contributed by atoms with E-state index in [0.29, 0.717) is 29.1 Å². The first-order valence-corrected chi connectivity index (χ1v) is 11.2. The number of imidazole rings is 1. The summed E-state index contributed by atoms with van der Waals surface area (Å²) in [6.07, 6.45) is 4.87. The van der Waals surface area contributed by atoms with Gasteiger partial charge in [-0.15, -0.1) is 0 Å². The van der Waals surface area contributed by atoms with Gasteiger partial charge in [0.15, 0.2) is 0 Å². The van der Waals surface area contributed by atoms with Gasteiger partial charge in [-0.1, -0.05) is 17.7 Å². The summed E-state index contributed by atoms with van der Waals surface area (Å²) >= 11 is 6.31. The van der Waals surface area contributed by atoms with E-state index in [1.165, 1.54) is 0 Å². The molecule has 1 aromatic carbocycles. The molecule has 0 spiro atoms. The van der Waals surface area contributed by atoms with Gasteiger partial charge in [-0.05, 0) is 49.8 Å². The molecule has 1 aliphatic carbocycles. The summed E-state index contributed by atoms with van der Waals surface area (Å²) in [5.41, 5.74) is 2.16. The lowest BCUT2D eigenvalue weighted by atomic mass is 9.81. The largest absolute Gasteiger partial charge is 0.475 e. The van der Waals surface area contributed by atoms with Crippen LogP contribution in [0.25, 0.3) is 11.0 Å². The molecule has 8 nitrogen and oxygen atoms in total. The second-order valence-electron chi connectivity index (χ2n) is 8.22. The molecule has 0 saturated heterocycles. The Hall–Kier alpha value is -2.84. The zero-order chi connectivity index (χ0) is 22.7. The molecule has 0 atom stereocenters. The summed E-state index contributed by atoms with van der Waals surface area (Å²) in [6.45, 7) is 0.681. The van der Waals surface area contributed by atoms with Crippen molar-refractivity contribution >= 4 is 34.2 Å². The number of halogens is 1. The number of carbonyl (C=O) groups is 1. The summed E-state index contributed by atoms with van der Waals surface area (Å²) in [5, 5.41) is 12.4. The maximum atomic E-state index is 12.8. The van der Waals surface area contributed by atoms with Crippen LogP contribution in [0, 0.1) is 11.8 Å². The van der Waals surface area contributed by atoms with Gasteiger partial charge in [0.1, 0.15) is 6.61 Å². The van der Waals surface area contributed by atoms with Crippen LogP contribution in [0.4, 0.5) is 5.69 Å². The molecule has 0 radical (unpaired) electrons. The number of aliphatic hydroxyl groups is 1. The lowest BCUT2D eigenvalue weighted by Crippen LogP contribution is -2.30. The van der Waals surface area contributed by atoms with Gasteiger partial charge in [-0.2, -0.15) is 0 Å². The minimum Gasteiger partial charge on any atom is -0.475 e. The van der Waals surface area contributed by atoms with E-state index in [1.807, 2.05) is 12.1 Å². The van der Waals surface area contributed by atoms with Crippen molar-refractivity contribution < 1.29 is 14.6 Å². The number of ether oxygens (including phenoxy) is 1. The molecule has 3 aromatic rings. The molecule has 1 amide bonds. The maximum absolute atomic E-state index is 12.8. The number of aliphatic hydroxyl groups excluding tert-OH is 1. The number of rotatable bonds is 7. The smallest absolute Gasteiger partial charge is 0.328 e. The van der Waals surface area contributed by atoms with E-state index in [1.54, 1.807) is 40.6 Å². The van der Waals surface area contributed by atoms with E-state index >= 15 is 0 Å². The van der Waals surface area contributed by atoms with Crippen LogP contribution in [0.15, 0.2) is 41.3 Å². The fourth-order valence-electron chi connectivity index (χ4n) is 4.44. The zero-order valence-corrected chi connectivity index (χ0v) is 18.7. The van der Waals surface area contributed by atoms with Crippen LogP contribution < -0.4 is 15.7 Å².